The predicted octanol–water partition coefficient (Wildman–Crippen LogP) is 0.247. The highest BCUT2D eigenvalue weighted by atomic mass is 35.5. The minimum absolute atomic E-state index is 0.0441. The molecule has 0 unspecified atom stereocenters. The Morgan fingerprint density at radius 1 is 1.39 bits per heavy atom. The van der Waals surface area contributed by atoms with Crippen LogP contribution in [0.2, 0.25) is 5.15 Å². The molecule has 10 heteroatoms. The highest BCUT2D eigenvalue weighted by Crippen LogP contribution is 2.18. The van der Waals surface area contributed by atoms with E-state index in [1.54, 1.807) is 7.05 Å². The number of hydrogen-bond acceptors (Lipinski definition) is 6. The summed E-state index contributed by atoms with van der Waals surface area (Å²) in [6, 6.07) is 2.80. The van der Waals surface area contributed by atoms with E-state index in [4.69, 9.17) is 17.3 Å². The van der Waals surface area contributed by atoms with Crippen LogP contribution in [0.5, 0.6) is 0 Å². The average molecular weight is 289 g/mol. The van der Waals surface area contributed by atoms with Gasteiger partial charge in [-0.25, -0.2) is 8.42 Å². The van der Waals surface area contributed by atoms with E-state index in [1.165, 1.54) is 23.0 Å². The highest BCUT2D eigenvalue weighted by molar-refractivity contribution is 7.92. The molecule has 0 aliphatic rings. The molecule has 0 aromatic carbocycles. The predicted molar refractivity (Wildman–Crippen MR) is 65.5 cm³/mol. The third-order valence-electron chi connectivity index (χ3n) is 1.98. The number of aryl methyl sites for hydroxylation is 1. The van der Waals surface area contributed by atoms with Crippen molar-refractivity contribution in [3.05, 3.63) is 23.5 Å². The van der Waals surface area contributed by atoms with Gasteiger partial charge in [-0.15, -0.1) is 10.2 Å². The molecule has 2 heterocycles. The van der Waals surface area contributed by atoms with E-state index in [0.717, 1.165) is 0 Å². The van der Waals surface area contributed by atoms with Gasteiger partial charge in [-0.05, 0) is 12.1 Å². The summed E-state index contributed by atoms with van der Waals surface area (Å²) in [6.45, 7) is 0. The Hall–Kier alpha value is -1.87. The van der Waals surface area contributed by atoms with E-state index < -0.39 is 10.0 Å². The van der Waals surface area contributed by atoms with E-state index in [2.05, 4.69) is 20.0 Å². The monoisotopic (exact) mass is 288 g/mol. The van der Waals surface area contributed by atoms with Gasteiger partial charge < -0.3 is 5.73 Å². The van der Waals surface area contributed by atoms with Crippen LogP contribution >= 0.6 is 11.6 Å². The standard InChI is InChI=1S/C8H9ClN6O2S/c1-15-4-5(8(10)13-15)18(16,17)14-7-3-2-6(9)11-12-7/h2-4H,1H3,(H2,10,13)(H,12,14). The Balaban J connectivity index is 2.33. The van der Waals surface area contributed by atoms with Crippen molar-refractivity contribution in [2.45, 2.75) is 4.90 Å². The fraction of sp³-hybridized carbons (Fsp3) is 0.125. The van der Waals surface area contributed by atoms with Crippen LogP contribution in [0.4, 0.5) is 11.6 Å². The van der Waals surface area contributed by atoms with Crippen LogP contribution in [0.25, 0.3) is 0 Å². The number of sulfonamides is 1. The van der Waals surface area contributed by atoms with Gasteiger partial charge >= 0.3 is 0 Å². The number of nitrogen functional groups attached to an aromatic ring is 1. The number of anilines is 2. The summed E-state index contributed by atoms with van der Waals surface area (Å²) in [7, 11) is -2.27. The molecule has 2 rings (SSSR count). The topological polar surface area (TPSA) is 116 Å². The third-order valence-corrected chi connectivity index (χ3v) is 3.56. The van der Waals surface area contributed by atoms with Gasteiger partial charge in [0.2, 0.25) is 0 Å². The zero-order chi connectivity index (χ0) is 13.3. The van der Waals surface area contributed by atoms with Gasteiger partial charge in [0.05, 0.1) is 0 Å². The Kier molecular flexibility index (Phi) is 3.09. The van der Waals surface area contributed by atoms with E-state index in [-0.39, 0.29) is 21.7 Å². The number of halogens is 1. The van der Waals surface area contributed by atoms with E-state index in [0.29, 0.717) is 0 Å². The molecule has 0 radical (unpaired) electrons. The molecule has 8 nitrogen and oxygen atoms in total. The fourth-order valence-electron chi connectivity index (χ4n) is 1.25. The number of nitrogens with zero attached hydrogens (tertiary/aromatic N) is 4. The van der Waals surface area contributed by atoms with Crippen LogP contribution < -0.4 is 10.5 Å². The lowest BCUT2D eigenvalue weighted by atomic mass is 10.5. The zero-order valence-corrected chi connectivity index (χ0v) is 10.8. The zero-order valence-electron chi connectivity index (χ0n) is 9.20. The van der Waals surface area contributed by atoms with E-state index in [9.17, 15) is 8.42 Å². The second-order valence-corrected chi connectivity index (χ2v) is 5.44. The first-order valence-corrected chi connectivity index (χ1v) is 6.56. The largest absolute Gasteiger partial charge is 0.381 e. The highest BCUT2D eigenvalue weighted by Gasteiger charge is 2.21. The SMILES string of the molecule is Cn1cc(S(=O)(=O)Nc2ccc(Cl)nn2)c(N)n1. The Labute approximate surface area is 108 Å². The van der Waals surface area contributed by atoms with Crippen molar-refractivity contribution in [2.24, 2.45) is 7.05 Å². The molecular formula is C8H9ClN6O2S. The van der Waals surface area contributed by atoms with Crippen molar-refractivity contribution in [3.63, 3.8) is 0 Å². The van der Waals surface area contributed by atoms with Gasteiger partial charge in [-0.3, -0.25) is 9.40 Å². The van der Waals surface area contributed by atoms with Crippen molar-refractivity contribution in [1.82, 2.24) is 20.0 Å². The average Bonchev–Trinajstić information content (AvgIpc) is 2.62. The number of nitrogens with one attached hydrogen (secondary N) is 1. The van der Waals surface area contributed by atoms with Gasteiger partial charge in [0.15, 0.2) is 16.8 Å². The van der Waals surface area contributed by atoms with Crippen molar-refractivity contribution >= 4 is 33.3 Å². The molecule has 0 saturated carbocycles. The first-order valence-electron chi connectivity index (χ1n) is 4.69. The van der Waals surface area contributed by atoms with Gasteiger partial charge in [0.1, 0.15) is 4.90 Å². The molecule has 0 amide bonds. The summed E-state index contributed by atoms with van der Waals surface area (Å²) in [6.07, 6.45) is 1.29. The summed E-state index contributed by atoms with van der Waals surface area (Å²) in [5.41, 5.74) is 5.50. The lowest BCUT2D eigenvalue weighted by Crippen LogP contribution is -2.15. The van der Waals surface area contributed by atoms with E-state index >= 15 is 0 Å². The molecule has 2 aromatic rings. The van der Waals surface area contributed by atoms with Crippen molar-refractivity contribution < 1.29 is 8.42 Å². The summed E-state index contributed by atoms with van der Waals surface area (Å²) < 4.78 is 27.5. The molecule has 2 aromatic heterocycles. The molecule has 0 saturated heterocycles. The number of aromatic nitrogens is 4. The van der Waals surface area contributed by atoms with Crippen LogP contribution in [0.15, 0.2) is 23.2 Å². The first kappa shape index (κ1) is 12.6. The molecule has 3 N–H and O–H groups in total. The lowest BCUT2D eigenvalue weighted by molar-refractivity contribution is 0.601. The molecular weight excluding hydrogens is 280 g/mol. The second kappa shape index (κ2) is 4.42. The Morgan fingerprint density at radius 3 is 2.61 bits per heavy atom. The molecule has 18 heavy (non-hydrogen) atoms. The van der Waals surface area contributed by atoms with Crippen LogP contribution in [0.3, 0.4) is 0 Å². The van der Waals surface area contributed by atoms with Crippen molar-refractivity contribution in [1.29, 1.82) is 0 Å². The summed E-state index contributed by atoms with van der Waals surface area (Å²) >= 11 is 5.54. The second-order valence-electron chi connectivity index (χ2n) is 3.40. The maximum absolute atomic E-state index is 12.0. The molecule has 0 bridgehead atoms. The fourth-order valence-corrected chi connectivity index (χ4v) is 2.46. The van der Waals surface area contributed by atoms with Crippen LogP contribution in [-0.2, 0) is 17.1 Å². The molecule has 0 aliphatic heterocycles. The Bertz CT molecular complexity index is 665. The van der Waals surface area contributed by atoms with Crippen LogP contribution in [0, 0.1) is 0 Å². The molecule has 0 fully saturated rings. The molecule has 96 valence electrons. The van der Waals surface area contributed by atoms with Crippen LogP contribution in [0.1, 0.15) is 0 Å². The summed E-state index contributed by atoms with van der Waals surface area (Å²) in [5, 5.41) is 11.0. The Morgan fingerprint density at radius 2 is 2.11 bits per heavy atom. The first-order chi connectivity index (χ1) is 8.38. The minimum atomic E-state index is -3.84. The number of hydrogen-bond donors (Lipinski definition) is 2. The maximum Gasteiger partial charge on any atom is 0.268 e. The van der Waals surface area contributed by atoms with Crippen LogP contribution in [-0.4, -0.2) is 28.4 Å². The van der Waals surface area contributed by atoms with Crippen molar-refractivity contribution in [2.75, 3.05) is 10.5 Å². The van der Waals surface area contributed by atoms with Gasteiger partial charge in [-0.2, -0.15) is 5.10 Å². The number of nitrogens with two attached hydrogens (primary N) is 1. The van der Waals surface area contributed by atoms with E-state index in [1.807, 2.05) is 0 Å². The van der Waals surface area contributed by atoms with Gasteiger partial charge in [0, 0.05) is 13.2 Å². The third kappa shape index (κ3) is 2.51. The van der Waals surface area contributed by atoms with Gasteiger partial charge in [0.25, 0.3) is 10.0 Å². The summed E-state index contributed by atoms with van der Waals surface area (Å²) in [4.78, 5) is -0.123. The van der Waals surface area contributed by atoms with Gasteiger partial charge in [-0.1, -0.05) is 11.6 Å². The summed E-state index contributed by atoms with van der Waals surface area (Å²) in [5.74, 6) is -0.0467. The quantitative estimate of drug-likeness (QED) is 0.836. The smallest absolute Gasteiger partial charge is 0.268 e. The minimum Gasteiger partial charge on any atom is -0.381 e. The van der Waals surface area contributed by atoms with Crippen molar-refractivity contribution in [3.8, 4) is 0 Å². The molecule has 0 aliphatic carbocycles. The lowest BCUT2D eigenvalue weighted by Gasteiger charge is -2.04. The molecule has 0 atom stereocenters. The maximum atomic E-state index is 12.0. The molecule has 0 spiro atoms. The number of rotatable bonds is 3. The normalized spacial score (nSPS) is 11.4.